The standard InChI is InChI=1S/C24H37N5O8/c1-36-12-20(31)29-5-4-27-11-16(29)23(34)25-8-18-22(33)21(32)17(37-18)7-19(30)26-14-6-15(24(27)35)28(10-14)9-13-2-3-13/h13-18,21-22,32-33H,2-12H2,1H3,(H,25,34)(H,26,30)/t14-,15-,16-,17-,18+,21-,22+/m0/s1. The summed E-state index contributed by atoms with van der Waals surface area (Å²) < 4.78 is 10.7. The zero-order chi connectivity index (χ0) is 26.3. The van der Waals surface area contributed by atoms with Gasteiger partial charge >= 0.3 is 0 Å². The van der Waals surface area contributed by atoms with Crippen molar-refractivity contribution in [1.82, 2.24) is 25.3 Å². The molecular formula is C24H37N5O8. The maximum absolute atomic E-state index is 13.7. The first-order valence-electron chi connectivity index (χ1n) is 13.1. The van der Waals surface area contributed by atoms with Crippen LogP contribution in [0.5, 0.6) is 0 Å². The molecular weight excluding hydrogens is 486 g/mol. The van der Waals surface area contributed by atoms with Gasteiger partial charge in [-0.3, -0.25) is 24.1 Å². The molecule has 4 amide bonds. The van der Waals surface area contributed by atoms with Crippen molar-refractivity contribution in [3.8, 4) is 0 Å². The van der Waals surface area contributed by atoms with Gasteiger partial charge in [0.05, 0.1) is 25.1 Å². The summed E-state index contributed by atoms with van der Waals surface area (Å²) in [6, 6.07) is -1.60. The van der Waals surface area contributed by atoms with Crippen molar-refractivity contribution in [3.05, 3.63) is 0 Å². The number of aliphatic hydroxyl groups excluding tert-OH is 2. The molecule has 7 atom stereocenters. The summed E-state index contributed by atoms with van der Waals surface area (Å²) in [5.41, 5.74) is 0. The van der Waals surface area contributed by atoms with Crippen LogP contribution in [-0.2, 0) is 28.7 Å². The molecule has 5 rings (SSSR count). The maximum atomic E-state index is 13.7. The minimum atomic E-state index is -1.28. The molecule has 6 bridgehead atoms. The van der Waals surface area contributed by atoms with Gasteiger partial charge in [0.1, 0.15) is 31.0 Å². The Bertz CT molecular complexity index is 916. The molecule has 4 N–H and O–H groups in total. The van der Waals surface area contributed by atoms with Crippen LogP contribution in [-0.4, -0.2) is 144 Å². The third kappa shape index (κ3) is 5.60. The quantitative estimate of drug-likeness (QED) is 0.295. The second-order valence-electron chi connectivity index (χ2n) is 10.9. The Balaban J connectivity index is 1.40. The lowest BCUT2D eigenvalue weighted by Gasteiger charge is -2.42. The highest BCUT2D eigenvalue weighted by Crippen LogP contribution is 2.33. The smallest absolute Gasteiger partial charge is 0.249 e. The Labute approximate surface area is 215 Å². The molecule has 206 valence electrons. The Kier molecular flexibility index (Phi) is 7.68. The summed E-state index contributed by atoms with van der Waals surface area (Å²) in [4.78, 5) is 57.7. The van der Waals surface area contributed by atoms with Gasteiger partial charge in [0.2, 0.25) is 23.6 Å². The summed E-state index contributed by atoms with van der Waals surface area (Å²) in [6.45, 7) is 1.52. The molecule has 5 fully saturated rings. The predicted molar refractivity (Wildman–Crippen MR) is 127 cm³/mol. The lowest BCUT2D eigenvalue weighted by molar-refractivity contribution is -0.152. The number of carbonyl (C=O) groups is 4. The van der Waals surface area contributed by atoms with E-state index in [1.807, 2.05) is 0 Å². The second-order valence-corrected chi connectivity index (χ2v) is 10.9. The van der Waals surface area contributed by atoms with Crippen LogP contribution >= 0.6 is 0 Å². The summed E-state index contributed by atoms with van der Waals surface area (Å²) in [6.07, 6.45) is -1.86. The number of fused-ring (bicyclic) bond motifs is 6. The van der Waals surface area contributed by atoms with Gasteiger partial charge in [-0.1, -0.05) is 0 Å². The molecule has 37 heavy (non-hydrogen) atoms. The zero-order valence-corrected chi connectivity index (χ0v) is 21.1. The maximum Gasteiger partial charge on any atom is 0.249 e. The fraction of sp³-hybridized carbons (Fsp3) is 0.833. The number of amides is 4. The van der Waals surface area contributed by atoms with Gasteiger partial charge in [-0.2, -0.15) is 0 Å². The van der Waals surface area contributed by atoms with E-state index in [1.165, 1.54) is 12.0 Å². The number of nitrogens with one attached hydrogen (secondary N) is 2. The molecule has 1 saturated carbocycles. The predicted octanol–water partition coefficient (Wildman–Crippen LogP) is -3.35. The monoisotopic (exact) mass is 523 g/mol. The fourth-order valence-electron chi connectivity index (χ4n) is 5.97. The van der Waals surface area contributed by atoms with E-state index in [9.17, 15) is 29.4 Å². The normalized spacial score (nSPS) is 37.5. The second kappa shape index (κ2) is 10.8. The van der Waals surface area contributed by atoms with Crippen LogP contribution in [0.4, 0.5) is 0 Å². The van der Waals surface area contributed by atoms with E-state index >= 15 is 0 Å². The van der Waals surface area contributed by atoms with Crippen LogP contribution in [0.25, 0.3) is 0 Å². The van der Waals surface area contributed by atoms with Crippen LogP contribution < -0.4 is 10.6 Å². The highest BCUT2D eigenvalue weighted by Gasteiger charge is 2.47. The zero-order valence-electron chi connectivity index (χ0n) is 21.1. The SMILES string of the molecule is COCC(=O)N1CCN2C[C@H]1C(=O)NC[C@H]1O[C@@H](CC(=O)N[C@H]3C[C@@H](C2=O)N(CC2CC2)C3)[C@H](O)[C@@H]1O. The fourth-order valence-corrected chi connectivity index (χ4v) is 5.97. The summed E-state index contributed by atoms with van der Waals surface area (Å²) >= 11 is 0. The number of piperazine rings is 1. The van der Waals surface area contributed by atoms with Crippen molar-refractivity contribution in [2.75, 3.05) is 53.0 Å². The topological polar surface area (TPSA) is 161 Å². The first-order chi connectivity index (χ1) is 17.7. The summed E-state index contributed by atoms with van der Waals surface area (Å²) in [7, 11) is 1.40. The Morgan fingerprint density at radius 1 is 1.08 bits per heavy atom. The molecule has 4 aliphatic heterocycles. The number of likely N-dealkylation sites (tertiary alicyclic amines) is 1. The van der Waals surface area contributed by atoms with E-state index in [0.717, 1.165) is 19.4 Å². The average molecular weight is 524 g/mol. The van der Waals surface area contributed by atoms with E-state index in [1.54, 1.807) is 4.90 Å². The molecule has 0 aromatic carbocycles. The lowest BCUT2D eigenvalue weighted by Crippen LogP contribution is -2.64. The Morgan fingerprint density at radius 3 is 2.57 bits per heavy atom. The molecule has 0 unspecified atom stereocenters. The van der Waals surface area contributed by atoms with E-state index in [4.69, 9.17) is 9.47 Å². The van der Waals surface area contributed by atoms with E-state index in [-0.39, 0.29) is 56.4 Å². The first kappa shape index (κ1) is 26.3. The largest absolute Gasteiger partial charge is 0.388 e. The van der Waals surface area contributed by atoms with Gasteiger partial charge in [0, 0.05) is 45.9 Å². The lowest BCUT2D eigenvalue weighted by atomic mass is 10.0. The van der Waals surface area contributed by atoms with Crippen molar-refractivity contribution in [2.45, 2.75) is 68.2 Å². The van der Waals surface area contributed by atoms with E-state index in [2.05, 4.69) is 15.5 Å². The van der Waals surface area contributed by atoms with Gasteiger partial charge in [-0.05, 0) is 25.2 Å². The number of ether oxygens (including phenoxy) is 2. The van der Waals surface area contributed by atoms with Crippen molar-refractivity contribution in [3.63, 3.8) is 0 Å². The third-order valence-corrected chi connectivity index (χ3v) is 8.15. The molecule has 13 nitrogen and oxygen atoms in total. The van der Waals surface area contributed by atoms with Crippen molar-refractivity contribution in [2.24, 2.45) is 5.92 Å². The number of hydrogen-bond donors (Lipinski definition) is 4. The summed E-state index contributed by atoms with van der Waals surface area (Å²) in [5.74, 6) is -0.713. The number of methoxy groups -OCH3 is 1. The van der Waals surface area contributed by atoms with E-state index < -0.39 is 42.4 Å². The van der Waals surface area contributed by atoms with Crippen molar-refractivity contribution >= 4 is 23.6 Å². The van der Waals surface area contributed by atoms with Crippen LogP contribution in [0.15, 0.2) is 0 Å². The number of hydrogen-bond acceptors (Lipinski definition) is 9. The molecule has 4 heterocycles. The first-order valence-corrected chi connectivity index (χ1v) is 13.1. The third-order valence-electron chi connectivity index (χ3n) is 8.15. The molecule has 1 aliphatic carbocycles. The highest BCUT2D eigenvalue weighted by atomic mass is 16.5. The minimum absolute atomic E-state index is 0.0320. The van der Waals surface area contributed by atoms with Gasteiger partial charge in [0.15, 0.2) is 0 Å². The van der Waals surface area contributed by atoms with Gasteiger partial charge in [-0.25, -0.2) is 0 Å². The number of nitrogens with zero attached hydrogens (tertiary/aromatic N) is 3. The van der Waals surface area contributed by atoms with Crippen LogP contribution in [0.1, 0.15) is 25.7 Å². The molecule has 13 heteroatoms. The molecule has 0 aromatic rings. The highest BCUT2D eigenvalue weighted by molar-refractivity contribution is 5.90. The molecule has 5 aliphatic rings. The van der Waals surface area contributed by atoms with Gasteiger partial charge < -0.3 is 40.1 Å². The molecule has 0 spiro atoms. The summed E-state index contributed by atoms with van der Waals surface area (Å²) in [5, 5.41) is 26.6. The van der Waals surface area contributed by atoms with Crippen LogP contribution in [0, 0.1) is 5.92 Å². The van der Waals surface area contributed by atoms with Crippen LogP contribution in [0.2, 0.25) is 0 Å². The minimum Gasteiger partial charge on any atom is -0.388 e. The Hall–Kier alpha value is -2.32. The molecule has 0 radical (unpaired) electrons. The number of carbonyl (C=O) groups excluding carboxylic acids is 4. The average Bonchev–Trinajstić information content (AvgIpc) is 3.55. The van der Waals surface area contributed by atoms with Crippen molar-refractivity contribution in [1.29, 1.82) is 0 Å². The van der Waals surface area contributed by atoms with Gasteiger partial charge in [-0.15, -0.1) is 0 Å². The number of rotatable bonds is 4. The molecule has 0 aromatic heterocycles. The van der Waals surface area contributed by atoms with Crippen molar-refractivity contribution < 1.29 is 38.9 Å². The van der Waals surface area contributed by atoms with Gasteiger partial charge in [0.25, 0.3) is 0 Å². The Morgan fingerprint density at radius 2 is 1.84 bits per heavy atom. The van der Waals surface area contributed by atoms with E-state index in [0.29, 0.717) is 25.4 Å². The number of aliphatic hydroxyl groups is 2. The molecule has 4 saturated heterocycles. The van der Waals surface area contributed by atoms with Crippen LogP contribution in [0.3, 0.4) is 0 Å².